The first-order valence-electron chi connectivity index (χ1n) is 8.74. The summed E-state index contributed by atoms with van der Waals surface area (Å²) in [6, 6.07) is 10.7. The van der Waals surface area contributed by atoms with Crippen LogP contribution in [0, 0.1) is 5.82 Å². The van der Waals surface area contributed by atoms with Gasteiger partial charge in [-0.2, -0.15) is 0 Å². The predicted octanol–water partition coefficient (Wildman–Crippen LogP) is 1.64. The summed E-state index contributed by atoms with van der Waals surface area (Å²) in [5.74, 6) is -0.655. The second-order valence-corrected chi connectivity index (χ2v) is 7.46. The van der Waals surface area contributed by atoms with E-state index in [1.165, 1.54) is 43.2 Å². The number of aliphatic imine (C=N–C) groups is 1. The maximum absolute atomic E-state index is 14.6. The lowest BCUT2D eigenvalue weighted by Gasteiger charge is -2.25. The Morgan fingerprint density at radius 1 is 1.10 bits per heavy atom. The van der Waals surface area contributed by atoms with E-state index in [1.54, 1.807) is 24.3 Å². The number of nitrogens with one attached hydrogen (secondary N) is 1. The topological polar surface area (TPSA) is 120 Å². The number of benzene rings is 2. The molecular weight excluding hydrogens is 409 g/mol. The minimum Gasteiger partial charge on any atom is -0.401 e. The number of carbonyl (C=O) groups excluding carboxylic acids is 1. The molecule has 0 saturated heterocycles. The summed E-state index contributed by atoms with van der Waals surface area (Å²) in [7, 11) is 0. The quantitative estimate of drug-likeness (QED) is 0.641. The molecule has 0 aliphatic carbocycles. The van der Waals surface area contributed by atoms with E-state index in [-0.39, 0.29) is 11.5 Å². The summed E-state index contributed by atoms with van der Waals surface area (Å²) in [6.45, 7) is 0. The van der Waals surface area contributed by atoms with Crippen LogP contribution in [-0.4, -0.2) is 32.3 Å². The maximum atomic E-state index is 14.6. The number of nitrogens with two attached hydrogens (primary N) is 1. The summed E-state index contributed by atoms with van der Waals surface area (Å²) in [6.07, 6.45) is 5.70. The number of amides is 1. The van der Waals surface area contributed by atoms with E-state index in [9.17, 15) is 13.4 Å². The van der Waals surface area contributed by atoms with Gasteiger partial charge in [0.15, 0.2) is 11.5 Å². The van der Waals surface area contributed by atoms with Crippen molar-refractivity contribution in [3.8, 4) is 16.9 Å². The number of carbonyl (C=O) groups is 1. The smallest absolute Gasteiger partial charge is 0.263 e. The highest BCUT2D eigenvalue weighted by Crippen LogP contribution is 2.39. The number of halogens is 1. The normalized spacial score (nSPS) is 19.1. The van der Waals surface area contributed by atoms with Crippen LogP contribution in [0.25, 0.3) is 11.1 Å². The van der Waals surface area contributed by atoms with Gasteiger partial charge in [0.05, 0.1) is 0 Å². The van der Waals surface area contributed by atoms with Crippen molar-refractivity contribution >= 4 is 22.9 Å². The minimum atomic E-state index is -1.52. The van der Waals surface area contributed by atoms with Gasteiger partial charge in [0.2, 0.25) is 11.1 Å². The summed E-state index contributed by atoms with van der Waals surface area (Å²) < 4.78 is 31.0. The van der Waals surface area contributed by atoms with Crippen LogP contribution in [0.1, 0.15) is 11.1 Å². The first-order valence-corrected chi connectivity index (χ1v) is 10.2. The molecule has 1 aliphatic rings. The van der Waals surface area contributed by atoms with Crippen LogP contribution in [0.4, 0.5) is 4.39 Å². The standard InChI is InChI=1S/C20H16FN5O3S/c1-30(28)29-15-5-2-13(3-6-15)20(18(27)25-19(22)26-20)14-4-7-17(21)16(8-14)12-9-23-11-24-10-12/h2-11H,1H3,(H3,22,25,26,27). The molecule has 2 aromatic carbocycles. The van der Waals surface area contributed by atoms with Crippen LogP contribution < -0.4 is 15.2 Å². The van der Waals surface area contributed by atoms with Crippen LogP contribution in [0.2, 0.25) is 0 Å². The van der Waals surface area contributed by atoms with Crippen molar-refractivity contribution in [2.24, 2.45) is 10.7 Å². The minimum absolute atomic E-state index is 0.0519. The molecule has 30 heavy (non-hydrogen) atoms. The van der Waals surface area contributed by atoms with Gasteiger partial charge in [0.25, 0.3) is 5.91 Å². The molecule has 8 nitrogen and oxygen atoms in total. The third-order valence-electron chi connectivity index (χ3n) is 4.60. The maximum Gasteiger partial charge on any atom is 0.263 e. The number of aromatic nitrogens is 2. The number of hydrogen-bond acceptors (Lipinski definition) is 7. The van der Waals surface area contributed by atoms with Gasteiger partial charge < -0.3 is 9.92 Å². The summed E-state index contributed by atoms with van der Waals surface area (Å²) >= 11 is -1.49. The van der Waals surface area contributed by atoms with Crippen molar-refractivity contribution in [3.05, 3.63) is 78.1 Å². The van der Waals surface area contributed by atoms with Gasteiger partial charge in [-0.15, -0.1) is 0 Å². The van der Waals surface area contributed by atoms with E-state index in [0.29, 0.717) is 22.4 Å². The first-order chi connectivity index (χ1) is 14.4. The monoisotopic (exact) mass is 425 g/mol. The molecule has 4 rings (SSSR count). The molecule has 3 N–H and O–H groups in total. The second kappa shape index (κ2) is 7.64. The first kappa shape index (κ1) is 19.6. The molecule has 2 heterocycles. The van der Waals surface area contributed by atoms with Crippen LogP contribution in [-0.2, 0) is 21.4 Å². The Hall–Kier alpha value is -3.66. The van der Waals surface area contributed by atoms with Crippen molar-refractivity contribution in [2.75, 3.05) is 6.26 Å². The average Bonchev–Trinajstić information content (AvgIpc) is 3.04. The number of guanidine groups is 1. The Kier molecular flexibility index (Phi) is 5.00. The largest absolute Gasteiger partial charge is 0.401 e. The van der Waals surface area contributed by atoms with E-state index in [0.717, 1.165) is 0 Å². The number of hydrogen-bond donors (Lipinski definition) is 2. The molecule has 1 aromatic heterocycles. The lowest BCUT2D eigenvalue weighted by Crippen LogP contribution is -2.39. The lowest BCUT2D eigenvalue weighted by molar-refractivity contribution is -0.122. The van der Waals surface area contributed by atoms with E-state index in [2.05, 4.69) is 20.3 Å². The third-order valence-corrected chi connectivity index (χ3v) is 5.03. The second-order valence-electron chi connectivity index (χ2n) is 6.49. The van der Waals surface area contributed by atoms with Gasteiger partial charge >= 0.3 is 0 Å². The Balaban J connectivity index is 1.87. The van der Waals surface area contributed by atoms with Crippen molar-refractivity contribution < 1.29 is 17.6 Å². The van der Waals surface area contributed by atoms with Crippen LogP contribution >= 0.6 is 0 Å². The molecule has 1 aliphatic heterocycles. The Morgan fingerprint density at radius 2 is 1.77 bits per heavy atom. The molecule has 10 heteroatoms. The van der Waals surface area contributed by atoms with Gasteiger partial charge in [-0.25, -0.2) is 23.6 Å². The Labute approximate surface area is 173 Å². The molecular formula is C20H16FN5O3S. The molecule has 0 bridgehead atoms. The number of nitrogens with zero attached hydrogens (tertiary/aromatic N) is 3. The van der Waals surface area contributed by atoms with E-state index >= 15 is 0 Å². The fraction of sp³-hybridized carbons (Fsp3) is 0.100. The highest BCUT2D eigenvalue weighted by molar-refractivity contribution is 7.79. The Bertz CT molecular complexity index is 1170. The highest BCUT2D eigenvalue weighted by Gasteiger charge is 2.47. The molecule has 0 fully saturated rings. The fourth-order valence-corrected chi connectivity index (χ4v) is 3.70. The summed E-state index contributed by atoms with van der Waals surface area (Å²) in [5, 5.41) is 2.52. The average molecular weight is 425 g/mol. The molecule has 1 amide bonds. The van der Waals surface area contributed by atoms with Gasteiger partial charge in [0, 0.05) is 29.8 Å². The molecule has 0 radical (unpaired) electrons. The van der Waals surface area contributed by atoms with E-state index in [1.807, 2.05) is 0 Å². The molecule has 2 unspecified atom stereocenters. The zero-order chi connectivity index (χ0) is 21.3. The zero-order valence-corrected chi connectivity index (χ0v) is 16.5. The summed E-state index contributed by atoms with van der Waals surface area (Å²) in [5.41, 5.74) is 5.86. The summed E-state index contributed by atoms with van der Waals surface area (Å²) in [4.78, 5) is 25.2. The highest BCUT2D eigenvalue weighted by atomic mass is 32.2. The molecule has 0 spiro atoms. The van der Waals surface area contributed by atoms with E-state index < -0.39 is 28.3 Å². The molecule has 0 saturated carbocycles. The zero-order valence-electron chi connectivity index (χ0n) is 15.7. The van der Waals surface area contributed by atoms with E-state index in [4.69, 9.17) is 9.92 Å². The van der Waals surface area contributed by atoms with Gasteiger partial charge in [-0.1, -0.05) is 18.2 Å². The van der Waals surface area contributed by atoms with Crippen molar-refractivity contribution in [2.45, 2.75) is 5.54 Å². The third kappa shape index (κ3) is 3.41. The molecule has 152 valence electrons. The predicted molar refractivity (Wildman–Crippen MR) is 109 cm³/mol. The van der Waals surface area contributed by atoms with Gasteiger partial charge in [-0.3, -0.25) is 10.1 Å². The van der Waals surface area contributed by atoms with Crippen LogP contribution in [0.15, 0.2) is 66.2 Å². The van der Waals surface area contributed by atoms with Crippen LogP contribution in [0.5, 0.6) is 5.75 Å². The van der Waals surface area contributed by atoms with Gasteiger partial charge in [0.1, 0.15) is 17.9 Å². The fourth-order valence-electron chi connectivity index (χ4n) is 3.32. The van der Waals surface area contributed by atoms with Crippen molar-refractivity contribution in [1.82, 2.24) is 15.3 Å². The van der Waals surface area contributed by atoms with Crippen molar-refractivity contribution in [3.63, 3.8) is 0 Å². The Morgan fingerprint density at radius 3 is 2.37 bits per heavy atom. The van der Waals surface area contributed by atoms with Crippen LogP contribution in [0.3, 0.4) is 0 Å². The molecule has 3 aromatic rings. The van der Waals surface area contributed by atoms with Gasteiger partial charge in [-0.05, 0) is 35.4 Å². The van der Waals surface area contributed by atoms with Crippen molar-refractivity contribution in [1.29, 1.82) is 0 Å². The lowest BCUT2D eigenvalue weighted by atomic mass is 9.82. The molecule has 2 atom stereocenters. The SMILES string of the molecule is CS(=O)Oc1ccc(C2(c3ccc(F)c(-c4cncnc4)c3)N=C(N)NC2=O)cc1. The number of rotatable bonds is 5.